The van der Waals surface area contributed by atoms with E-state index in [-0.39, 0.29) is 11.2 Å². The van der Waals surface area contributed by atoms with Crippen molar-refractivity contribution in [2.75, 3.05) is 13.1 Å². The maximum Gasteiger partial charge on any atom is 0.123 e. The minimum absolute atomic E-state index is 0.146. The first-order valence-electron chi connectivity index (χ1n) is 5.24. The molecule has 0 spiro atoms. The van der Waals surface area contributed by atoms with Gasteiger partial charge in [0.15, 0.2) is 0 Å². The largest absolute Gasteiger partial charge is 0.315 e. The molecule has 1 N–H and O–H groups in total. The molecular formula is C12H16FN. The summed E-state index contributed by atoms with van der Waals surface area (Å²) in [6.07, 6.45) is 2.37. The summed E-state index contributed by atoms with van der Waals surface area (Å²) in [6.45, 7) is 4.27. The molecule has 0 saturated carbocycles. The van der Waals surface area contributed by atoms with E-state index in [0.717, 1.165) is 13.1 Å². The summed E-state index contributed by atoms with van der Waals surface area (Å²) in [5, 5.41) is 3.31. The fraction of sp³-hybridized carbons (Fsp3) is 0.500. The standard InChI is InChI=1S/C12H16FN/c1-2-7-12(8-14-9-12)10-3-5-11(13)6-4-10/h3-6,14H,2,7-9H2,1H3. The molecule has 1 aliphatic rings. The second-order valence-electron chi connectivity index (χ2n) is 4.14. The highest BCUT2D eigenvalue weighted by Gasteiger charge is 2.37. The lowest BCUT2D eigenvalue weighted by molar-refractivity contribution is 0.255. The summed E-state index contributed by atoms with van der Waals surface area (Å²) >= 11 is 0. The Morgan fingerprint density at radius 3 is 2.36 bits per heavy atom. The quantitative estimate of drug-likeness (QED) is 0.777. The summed E-state index contributed by atoms with van der Waals surface area (Å²) in [5.74, 6) is -0.146. The van der Waals surface area contributed by atoms with Crippen molar-refractivity contribution in [3.8, 4) is 0 Å². The van der Waals surface area contributed by atoms with Crippen LogP contribution in [0.2, 0.25) is 0 Å². The summed E-state index contributed by atoms with van der Waals surface area (Å²) in [5.41, 5.74) is 1.56. The predicted octanol–water partition coefficient (Wildman–Crippen LogP) is 2.47. The van der Waals surface area contributed by atoms with Gasteiger partial charge < -0.3 is 5.32 Å². The highest BCUT2D eigenvalue weighted by atomic mass is 19.1. The average molecular weight is 193 g/mol. The minimum Gasteiger partial charge on any atom is -0.315 e. The lowest BCUT2D eigenvalue weighted by Crippen LogP contribution is -2.56. The summed E-state index contributed by atoms with van der Waals surface area (Å²) < 4.78 is 12.8. The first-order chi connectivity index (χ1) is 6.77. The van der Waals surface area contributed by atoms with Crippen LogP contribution in [0, 0.1) is 5.82 Å². The van der Waals surface area contributed by atoms with Crippen LogP contribution in [0.15, 0.2) is 24.3 Å². The second-order valence-corrected chi connectivity index (χ2v) is 4.14. The van der Waals surface area contributed by atoms with E-state index in [1.807, 2.05) is 12.1 Å². The van der Waals surface area contributed by atoms with Gasteiger partial charge in [-0.1, -0.05) is 25.5 Å². The predicted molar refractivity (Wildman–Crippen MR) is 55.9 cm³/mol. The average Bonchev–Trinajstić information content (AvgIpc) is 2.13. The van der Waals surface area contributed by atoms with Crippen molar-refractivity contribution < 1.29 is 4.39 Å². The van der Waals surface area contributed by atoms with Crippen LogP contribution < -0.4 is 5.32 Å². The van der Waals surface area contributed by atoms with E-state index >= 15 is 0 Å². The van der Waals surface area contributed by atoms with Crippen LogP contribution in [0.1, 0.15) is 25.3 Å². The first-order valence-corrected chi connectivity index (χ1v) is 5.24. The van der Waals surface area contributed by atoms with E-state index in [4.69, 9.17) is 0 Å². The maximum absolute atomic E-state index is 12.8. The molecule has 1 heterocycles. The van der Waals surface area contributed by atoms with Crippen molar-refractivity contribution in [3.63, 3.8) is 0 Å². The Morgan fingerprint density at radius 2 is 1.93 bits per heavy atom. The van der Waals surface area contributed by atoms with Crippen LogP contribution in [0.3, 0.4) is 0 Å². The van der Waals surface area contributed by atoms with Crippen molar-refractivity contribution in [1.82, 2.24) is 5.32 Å². The molecule has 1 aromatic carbocycles. The minimum atomic E-state index is -0.146. The normalized spacial score (nSPS) is 19.0. The summed E-state index contributed by atoms with van der Waals surface area (Å²) in [7, 11) is 0. The van der Waals surface area contributed by atoms with Crippen molar-refractivity contribution in [1.29, 1.82) is 0 Å². The molecule has 0 unspecified atom stereocenters. The van der Waals surface area contributed by atoms with E-state index in [9.17, 15) is 4.39 Å². The van der Waals surface area contributed by atoms with Crippen LogP contribution >= 0.6 is 0 Å². The van der Waals surface area contributed by atoms with Gasteiger partial charge in [0.2, 0.25) is 0 Å². The van der Waals surface area contributed by atoms with Crippen LogP contribution in [0.5, 0.6) is 0 Å². The third kappa shape index (κ3) is 1.55. The number of halogens is 1. The van der Waals surface area contributed by atoms with Crippen LogP contribution in [-0.2, 0) is 5.41 Å². The molecule has 0 atom stereocenters. The molecule has 1 nitrogen and oxygen atoms in total. The number of benzene rings is 1. The monoisotopic (exact) mass is 193 g/mol. The van der Waals surface area contributed by atoms with Gasteiger partial charge in [-0.05, 0) is 24.1 Å². The molecule has 1 fully saturated rings. The van der Waals surface area contributed by atoms with Gasteiger partial charge in [-0.3, -0.25) is 0 Å². The zero-order chi connectivity index (χ0) is 10.0. The summed E-state index contributed by atoms with van der Waals surface area (Å²) in [4.78, 5) is 0. The Hall–Kier alpha value is -0.890. The topological polar surface area (TPSA) is 12.0 Å². The lowest BCUT2D eigenvalue weighted by Gasteiger charge is -2.43. The molecule has 1 aromatic rings. The molecule has 0 radical (unpaired) electrons. The van der Waals surface area contributed by atoms with E-state index in [1.54, 1.807) is 12.1 Å². The van der Waals surface area contributed by atoms with E-state index in [2.05, 4.69) is 12.2 Å². The van der Waals surface area contributed by atoms with Crippen LogP contribution in [0.4, 0.5) is 4.39 Å². The highest BCUT2D eigenvalue weighted by Crippen LogP contribution is 2.33. The van der Waals surface area contributed by atoms with Gasteiger partial charge in [0.1, 0.15) is 5.82 Å². The second kappa shape index (κ2) is 3.70. The van der Waals surface area contributed by atoms with Crippen LogP contribution in [0.25, 0.3) is 0 Å². The SMILES string of the molecule is CCCC1(c2ccc(F)cc2)CNC1. The van der Waals surface area contributed by atoms with E-state index < -0.39 is 0 Å². The van der Waals surface area contributed by atoms with Crippen molar-refractivity contribution in [3.05, 3.63) is 35.6 Å². The van der Waals surface area contributed by atoms with E-state index in [0.29, 0.717) is 0 Å². The van der Waals surface area contributed by atoms with Gasteiger partial charge in [-0.25, -0.2) is 4.39 Å². The first kappa shape index (κ1) is 9.66. The molecular weight excluding hydrogens is 177 g/mol. The van der Waals surface area contributed by atoms with Crippen LogP contribution in [-0.4, -0.2) is 13.1 Å². The molecule has 0 amide bonds. The van der Waals surface area contributed by atoms with Gasteiger partial charge >= 0.3 is 0 Å². The molecule has 1 saturated heterocycles. The molecule has 14 heavy (non-hydrogen) atoms. The third-order valence-electron chi connectivity index (χ3n) is 3.11. The third-order valence-corrected chi connectivity index (χ3v) is 3.11. The molecule has 1 aliphatic heterocycles. The Kier molecular flexibility index (Phi) is 2.55. The number of rotatable bonds is 3. The smallest absolute Gasteiger partial charge is 0.123 e. The molecule has 0 aliphatic carbocycles. The molecule has 0 bridgehead atoms. The Bertz CT molecular complexity index is 301. The van der Waals surface area contributed by atoms with Gasteiger partial charge in [0, 0.05) is 18.5 Å². The lowest BCUT2D eigenvalue weighted by atomic mass is 9.72. The summed E-state index contributed by atoms with van der Waals surface area (Å²) in [6, 6.07) is 6.97. The van der Waals surface area contributed by atoms with Gasteiger partial charge in [0.05, 0.1) is 0 Å². The van der Waals surface area contributed by atoms with E-state index in [1.165, 1.54) is 18.4 Å². The molecule has 2 heteroatoms. The fourth-order valence-corrected chi connectivity index (χ4v) is 2.23. The van der Waals surface area contributed by atoms with Crippen molar-refractivity contribution in [2.24, 2.45) is 0 Å². The molecule has 0 aromatic heterocycles. The zero-order valence-electron chi connectivity index (χ0n) is 8.52. The van der Waals surface area contributed by atoms with Gasteiger partial charge in [-0.2, -0.15) is 0 Å². The number of hydrogen-bond acceptors (Lipinski definition) is 1. The Morgan fingerprint density at radius 1 is 1.29 bits per heavy atom. The zero-order valence-corrected chi connectivity index (χ0v) is 8.52. The number of hydrogen-bond donors (Lipinski definition) is 1. The Labute approximate surface area is 84.3 Å². The van der Waals surface area contributed by atoms with Gasteiger partial charge in [-0.15, -0.1) is 0 Å². The molecule has 2 rings (SSSR count). The molecule has 76 valence electrons. The number of nitrogens with one attached hydrogen (secondary N) is 1. The highest BCUT2D eigenvalue weighted by molar-refractivity contribution is 5.29. The maximum atomic E-state index is 12.8. The van der Waals surface area contributed by atoms with Crippen molar-refractivity contribution in [2.45, 2.75) is 25.2 Å². The fourth-order valence-electron chi connectivity index (χ4n) is 2.23. The van der Waals surface area contributed by atoms with Gasteiger partial charge in [0.25, 0.3) is 0 Å². The van der Waals surface area contributed by atoms with Crippen molar-refractivity contribution >= 4 is 0 Å². The Balaban J connectivity index is 2.23.